The van der Waals surface area contributed by atoms with Crippen molar-refractivity contribution < 1.29 is 33.5 Å². The molecule has 0 saturated carbocycles. The van der Waals surface area contributed by atoms with Gasteiger partial charge in [0.05, 0.1) is 18.4 Å². The first-order valence-corrected chi connectivity index (χ1v) is 13.4. The second-order valence-corrected chi connectivity index (χ2v) is 10.7. The van der Waals surface area contributed by atoms with Gasteiger partial charge in [-0.2, -0.15) is 10.4 Å². The molecular formula is C25H31N6O7P. The summed E-state index contributed by atoms with van der Waals surface area (Å²) in [6.07, 6.45) is -1.80. The van der Waals surface area contributed by atoms with Gasteiger partial charge in [0.15, 0.2) is 5.82 Å². The number of nitrogens with one attached hydrogen (secondary N) is 1. The summed E-state index contributed by atoms with van der Waals surface area (Å²) in [7, 11) is -1.96. The smallest absolute Gasteiger partial charge is 0.323 e. The molecule has 1 unspecified atom stereocenters. The molecule has 2 aromatic heterocycles. The average Bonchev–Trinajstić information content (AvgIpc) is 3.41. The van der Waals surface area contributed by atoms with Gasteiger partial charge in [-0.1, -0.05) is 18.2 Å². The molecule has 3 heterocycles. The number of ether oxygens (including phenoxy) is 2. The number of carbonyl (C=O) groups is 1. The number of nitriles is 1. The third-order valence-corrected chi connectivity index (χ3v) is 7.62. The molecule has 0 aliphatic carbocycles. The number of aliphatic hydroxyl groups excluding tert-OH is 1. The van der Waals surface area contributed by atoms with Gasteiger partial charge in [-0.3, -0.25) is 4.79 Å². The molecule has 1 aromatic carbocycles. The molecule has 39 heavy (non-hydrogen) atoms. The second kappa shape index (κ2) is 11.4. The van der Waals surface area contributed by atoms with Crippen LogP contribution in [0.3, 0.4) is 0 Å². The maximum atomic E-state index is 12.4. The molecule has 5 N–H and O–H groups in total. The van der Waals surface area contributed by atoms with Crippen LogP contribution in [0.5, 0.6) is 5.75 Å². The lowest BCUT2D eigenvalue weighted by Crippen LogP contribution is -2.52. The van der Waals surface area contributed by atoms with Crippen LogP contribution in [0.15, 0.2) is 48.8 Å². The van der Waals surface area contributed by atoms with E-state index in [1.165, 1.54) is 23.8 Å². The third kappa shape index (κ3) is 5.53. The van der Waals surface area contributed by atoms with E-state index < -0.39 is 43.9 Å². The molecule has 3 aromatic rings. The molecule has 0 bridgehead atoms. The van der Waals surface area contributed by atoms with E-state index in [0.717, 1.165) is 0 Å². The SMILES string of the molecule is CC(C)OC(=O)[C@H](C)NP(OC[C@H]1O[C@@](C#N)(c2ccc3c(N)ncnn23)[C@](C)(O)[C@@H]1O)Oc1ccccc1. The number of aromatic nitrogens is 3. The molecular weight excluding hydrogens is 527 g/mol. The normalized spacial score (nSPS) is 26.3. The molecule has 13 nitrogen and oxygen atoms in total. The summed E-state index contributed by atoms with van der Waals surface area (Å²) in [4.78, 5) is 16.3. The van der Waals surface area contributed by atoms with E-state index in [1.807, 2.05) is 12.1 Å². The predicted octanol–water partition coefficient (Wildman–Crippen LogP) is 1.79. The molecule has 1 aliphatic heterocycles. The molecule has 1 fully saturated rings. The number of nitrogen functional groups attached to an aromatic ring is 1. The Hall–Kier alpha value is -3.37. The highest BCUT2D eigenvalue weighted by Crippen LogP contribution is 2.48. The fourth-order valence-corrected chi connectivity index (χ4v) is 5.39. The van der Waals surface area contributed by atoms with E-state index in [9.17, 15) is 20.3 Å². The van der Waals surface area contributed by atoms with Crippen LogP contribution in [-0.4, -0.2) is 67.3 Å². The Balaban J connectivity index is 1.57. The molecule has 14 heteroatoms. The van der Waals surface area contributed by atoms with Gasteiger partial charge < -0.3 is 34.5 Å². The number of anilines is 1. The average molecular weight is 559 g/mol. The maximum Gasteiger partial charge on any atom is 0.323 e. The number of carbonyl (C=O) groups excluding carboxylic acids is 1. The lowest BCUT2D eigenvalue weighted by atomic mass is 9.80. The summed E-state index contributed by atoms with van der Waals surface area (Å²) in [6.45, 7) is 6.10. The van der Waals surface area contributed by atoms with Gasteiger partial charge in [0.25, 0.3) is 0 Å². The quantitative estimate of drug-likeness (QED) is 0.209. The van der Waals surface area contributed by atoms with Crippen LogP contribution >= 0.6 is 8.53 Å². The van der Waals surface area contributed by atoms with Crippen LogP contribution in [0.25, 0.3) is 5.52 Å². The first-order chi connectivity index (χ1) is 18.5. The summed E-state index contributed by atoms with van der Waals surface area (Å²) >= 11 is 0. The van der Waals surface area contributed by atoms with Gasteiger partial charge in [0.1, 0.15) is 47.5 Å². The number of hydrogen-bond acceptors (Lipinski definition) is 12. The third-order valence-electron chi connectivity index (χ3n) is 6.26. The van der Waals surface area contributed by atoms with Crippen molar-refractivity contribution in [2.24, 2.45) is 0 Å². The van der Waals surface area contributed by atoms with E-state index in [1.54, 1.807) is 51.1 Å². The fraction of sp³-hybridized carbons (Fsp3) is 0.440. The van der Waals surface area contributed by atoms with E-state index in [4.69, 9.17) is 24.3 Å². The van der Waals surface area contributed by atoms with Crippen molar-refractivity contribution in [3.8, 4) is 11.8 Å². The van der Waals surface area contributed by atoms with Gasteiger partial charge in [0, 0.05) is 0 Å². The Morgan fingerprint density at radius 1 is 1.31 bits per heavy atom. The Morgan fingerprint density at radius 2 is 2.03 bits per heavy atom. The van der Waals surface area contributed by atoms with Gasteiger partial charge in [-0.05, 0) is 52.0 Å². The molecule has 4 rings (SSSR count). The highest BCUT2D eigenvalue weighted by molar-refractivity contribution is 7.45. The van der Waals surface area contributed by atoms with Crippen molar-refractivity contribution in [3.05, 3.63) is 54.5 Å². The Kier molecular flexibility index (Phi) is 8.37. The predicted molar refractivity (Wildman–Crippen MR) is 140 cm³/mol. The molecule has 0 amide bonds. The molecule has 0 radical (unpaired) electrons. The molecule has 1 saturated heterocycles. The van der Waals surface area contributed by atoms with E-state index in [-0.39, 0.29) is 24.2 Å². The summed E-state index contributed by atoms with van der Waals surface area (Å²) in [6, 6.07) is 13.2. The standard InChI is InChI=1S/C25H31N6O7P/c1-15(2)36-23(33)16(3)30-39(38-17-8-6-5-7-9-17)35-12-19-21(32)24(4,34)25(13-26,37-19)20-11-10-18-22(27)28-14-29-31(18)20/h5-11,14-16,19,21,30,32,34H,12H2,1-4H3,(H2,27,28,29)/t16-,19+,21+,24+,25-,39?/m0/s1. The van der Waals surface area contributed by atoms with Crippen molar-refractivity contribution in [3.63, 3.8) is 0 Å². The Bertz CT molecular complexity index is 1350. The monoisotopic (exact) mass is 558 g/mol. The molecule has 0 spiro atoms. The number of benzene rings is 1. The van der Waals surface area contributed by atoms with Crippen LogP contribution < -0.4 is 15.3 Å². The minimum absolute atomic E-state index is 0.159. The van der Waals surface area contributed by atoms with Crippen molar-refractivity contribution in [1.82, 2.24) is 19.7 Å². The zero-order chi connectivity index (χ0) is 28.4. The summed E-state index contributed by atoms with van der Waals surface area (Å²) in [5.74, 6) is 0.147. The Morgan fingerprint density at radius 3 is 2.69 bits per heavy atom. The van der Waals surface area contributed by atoms with Crippen LogP contribution in [0.1, 0.15) is 33.4 Å². The molecule has 208 valence electrons. The van der Waals surface area contributed by atoms with Gasteiger partial charge in [-0.15, -0.1) is 0 Å². The number of para-hydroxylation sites is 1. The van der Waals surface area contributed by atoms with Crippen LogP contribution in [0.2, 0.25) is 0 Å². The lowest BCUT2D eigenvalue weighted by molar-refractivity contribution is -0.149. The zero-order valence-electron chi connectivity index (χ0n) is 21.9. The summed E-state index contributed by atoms with van der Waals surface area (Å²) < 4.78 is 24.5. The van der Waals surface area contributed by atoms with Crippen molar-refractivity contribution in [2.75, 3.05) is 12.3 Å². The highest BCUT2D eigenvalue weighted by atomic mass is 31.2. The Labute approximate surface area is 226 Å². The van der Waals surface area contributed by atoms with Gasteiger partial charge in [0.2, 0.25) is 5.60 Å². The first kappa shape index (κ1) is 28.6. The van der Waals surface area contributed by atoms with E-state index in [2.05, 4.69) is 15.2 Å². The number of esters is 1. The molecule has 6 atom stereocenters. The largest absolute Gasteiger partial charge is 0.462 e. The number of fused-ring (bicyclic) bond motifs is 1. The van der Waals surface area contributed by atoms with Crippen molar-refractivity contribution in [1.29, 1.82) is 5.26 Å². The summed E-state index contributed by atoms with van der Waals surface area (Å²) in [5.41, 5.74) is 2.39. The number of hydrogen-bond donors (Lipinski definition) is 4. The van der Waals surface area contributed by atoms with E-state index >= 15 is 0 Å². The van der Waals surface area contributed by atoms with E-state index in [0.29, 0.717) is 11.3 Å². The lowest BCUT2D eigenvalue weighted by Gasteiger charge is -2.33. The topological polar surface area (TPSA) is 186 Å². The van der Waals surface area contributed by atoms with Crippen LogP contribution in [0.4, 0.5) is 5.82 Å². The number of nitrogens with two attached hydrogens (primary N) is 1. The van der Waals surface area contributed by atoms with Crippen LogP contribution in [0, 0.1) is 11.3 Å². The van der Waals surface area contributed by atoms with Crippen molar-refractivity contribution >= 4 is 25.8 Å². The number of aliphatic hydroxyl groups is 2. The van der Waals surface area contributed by atoms with Gasteiger partial charge in [-0.25, -0.2) is 14.6 Å². The minimum atomic E-state index is -2.07. The second-order valence-electron chi connectivity index (χ2n) is 9.50. The highest BCUT2D eigenvalue weighted by Gasteiger charge is 2.65. The number of nitrogens with zero attached hydrogens (tertiary/aromatic N) is 4. The van der Waals surface area contributed by atoms with Crippen molar-refractivity contribution in [2.45, 2.75) is 63.3 Å². The summed E-state index contributed by atoms with van der Waals surface area (Å²) in [5, 5.41) is 39.9. The minimum Gasteiger partial charge on any atom is -0.462 e. The first-order valence-electron chi connectivity index (χ1n) is 12.2. The number of rotatable bonds is 10. The fourth-order valence-electron chi connectivity index (χ4n) is 4.20. The van der Waals surface area contributed by atoms with Crippen LogP contribution in [-0.2, 0) is 24.4 Å². The van der Waals surface area contributed by atoms with Gasteiger partial charge >= 0.3 is 14.5 Å². The maximum absolute atomic E-state index is 12.4. The molecule has 1 aliphatic rings. The zero-order valence-corrected chi connectivity index (χ0v) is 22.8.